The van der Waals surface area contributed by atoms with Crippen LogP contribution < -0.4 is 9.47 Å². The van der Waals surface area contributed by atoms with E-state index < -0.39 is 0 Å². The van der Waals surface area contributed by atoms with Gasteiger partial charge in [-0.05, 0) is 66.2 Å². The maximum atomic E-state index is 6.43. The molecule has 0 unspecified atom stereocenters. The summed E-state index contributed by atoms with van der Waals surface area (Å²) in [6.07, 6.45) is 2.83. The first-order chi connectivity index (χ1) is 21.4. The maximum Gasteiger partial charge on any atom is 2.00 e. The van der Waals surface area contributed by atoms with Gasteiger partial charge in [0.1, 0.15) is 5.82 Å². The number of aryl methyl sites for hydroxylation is 4. The van der Waals surface area contributed by atoms with Gasteiger partial charge in [0.05, 0.1) is 18.4 Å². The third kappa shape index (κ3) is 5.55. The van der Waals surface area contributed by atoms with Gasteiger partial charge in [-0.15, -0.1) is 35.7 Å². The van der Waals surface area contributed by atoms with E-state index in [9.17, 15) is 0 Å². The van der Waals surface area contributed by atoms with Crippen LogP contribution in [0.2, 0.25) is 0 Å². The SMILES string of the molecule is CCc1ccc(-c2c(C)nn(-c3[c-]c(Oc4[c-]c5c(cc4)c4ccccc4n5-c4cc(C)ccn4)cc(C)c3)c2OC)cc1.[Pd+2]. The number of fused-ring (bicyclic) bond motifs is 3. The van der Waals surface area contributed by atoms with Gasteiger partial charge in [-0.2, -0.15) is 16.7 Å². The average Bonchev–Trinajstić information content (AvgIpc) is 3.54. The molecule has 0 saturated heterocycles. The summed E-state index contributed by atoms with van der Waals surface area (Å²) in [6, 6.07) is 36.0. The Morgan fingerprint density at radius 1 is 0.800 bits per heavy atom. The van der Waals surface area contributed by atoms with E-state index in [4.69, 9.17) is 14.6 Å². The Bertz CT molecular complexity index is 2160. The predicted octanol–water partition coefficient (Wildman–Crippen LogP) is 8.92. The van der Waals surface area contributed by atoms with Crippen LogP contribution in [0.25, 0.3) is 44.4 Å². The summed E-state index contributed by atoms with van der Waals surface area (Å²) >= 11 is 0. The quantitative estimate of drug-likeness (QED) is 0.125. The van der Waals surface area contributed by atoms with Gasteiger partial charge in [0.15, 0.2) is 0 Å². The van der Waals surface area contributed by atoms with Gasteiger partial charge in [0.25, 0.3) is 0 Å². The number of ether oxygens (including phenoxy) is 2. The number of aromatic nitrogens is 4. The molecule has 0 aliphatic rings. The fourth-order valence-corrected chi connectivity index (χ4v) is 5.86. The van der Waals surface area contributed by atoms with E-state index in [1.807, 2.05) is 50.4 Å². The second kappa shape index (κ2) is 12.4. The molecule has 0 N–H and O–H groups in total. The van der Waals surface area contributed by atoms with Crippen LogP contribution in [-0.4, -0.2) is 26.4 Å². The summed E-state index contributed by atoms with van der Waals surface area (Å²) in [5, 5.41) is 7.09. The summed E-state index contributed by atoms with van der Waals surface area (Å²) in [6.45, 7) is 8.26. The monoisotopic (exact) mass is 682 g/mol. The summed E-state index contributed by atoms with van der Waals surface area (Å²) in [5.74, 6) is 2.65. The zero-order valence-electron chi connectivity index (χ0n) is 25.8. The largest absolute Gasteiger partial charge is 2.00 e. The fourth-order valence-electron chi connectivity index (χ4n) is 5.86. The number of hydrogen-bond acceptors (Lipinski definition) is 4. The minimum absolute atomic E-state index is 0. The molecule has 0 saturated carbocycles. The van der Waals surface area contributed by atoms with E-state index in [0.29, 0.717) is 17.4 Å². The molecule has 0 fully saturated rings. The number of pyridine rings is 1. The van der Waals surface area contributed by atoms with Gasteiger partial charge in [0, 0.05) is 23.2 Å². The van der Waals surface area contributed by atoms with Crippen LogP contribution in [0.4, 0.5) is 0 Å². The Morgan fingerprint density at radius 2 is 1.60 bits per heavy atom. The molecule has 45 heavy (non-hydrogen) atoms. The zero-order chi connectivity index (χ0) is 30.4. The van der Waals surface area contributed by atoms with Crippen LogP contribution in [0.3, 0.4) is 0 Å². The van der Waals surface area contributed by atoms with Crippen molar-refractivity contribution in [1.82, 2.24) is 19.3 Å². The standard InChI is InChI=1S/C38H32N4O2.Pd/c1-6-27-11-13-28(14-12-27)37-26(4)40-42(38(37)43-5)29-19-25(3)20-31(22-29)44-30-15-16-33-32-9-7-8-10-34(32)41(35(33)23-30)36-21-24(2)17-18-39-36;/h7-21H,6H2,1-5H3;/q-2;+2. The van der Waals surface area contributed by atoms with Crippen LogP contribution in [0.15, 0.2) is 91.1 Å². The molecule has 6 nitrogen and oxygen atoms in total. The molecular weight excluding hydrogens is 651 g/mol. The minimum Gasteiger partial charge on any atom is -0.509 e. The van der Waals surface area contributed by atoms with Crippen molar-refractivity contribution in [3.8, 4) is 40.0 Å². The number of benzene rings is 4. The molecule has 7 aromatic rings. The van der Waals surface area contributed by atoms with Gasteiger partial charge < -0.3 is 14.0 Å². The molecule has 0 atom stereocenters. The maximum absolute atomic E-state index is 6.43. The Labute approximate surface area is 276 Å². The second-order valence-corrected chi connectivity index (χ2v) is 11.1. The third-order valence-electron chi connectivity index (χ3n) is 7.97. The molecular formula is C38H32N4O2Pd. The Hall–Kier alpha value is -4.70. The van der Waals surface area contributed by atoms with Crippen LogP contribution in [-0.2, 0) is 26.8 Å². The molecule has 7 rings (SSSR count). The normalized spacial score (nSPS) is 11.1. The molecule has 3 heterocycles. The molecule has 4 aromatic carbocycles. The second-order valence-electron chi connectivity index (χ2n) is 11.1. The van der Waals surface area contributed by atoms with Crippen LogP contribution >= 0.6 is 0 Å². The van der Waals surface area contributed by atoms with Crippen molar-refractivity contribution in [2.45, 2.75) is 34.1 Å². The summed E-state index contributed by atoms with van der Waals surface area (Å²) in [5.41, 5.74) is 9.04. The number of para-hydroxylation sites is 1. The minimum atomic E-state index is 0. The Morgan fingerprint density at radius 3 is 2.36 bits per heavy atom. The topological polar surface area (TPSA) is 54.1 Å². The third-order valence-corrected chi connectivity index (χ3v) is 7.97. The molecule has 0 bridgehead atoms. The van der Waals surface area contributed by atoms with Crippen molar-refractivity contribution in [3.63, 3.8) is 0 Å². The molecule has 0 radical (unpaired) electrons. The molecule has 0 spiro atoms. The summed E-state index contributed by atoms with van der Waals surface area (Å²) < 4.78 is 16.3. The van der Waals surface area contributed by atoms with Crippen LogP contribution in [0.5, 0.6) is 17.4 Å². The number of rotatable bonds is 7. The van der Waals surface area contributed by atoms with Gasteiger partial charge in [-0.3, -0.25) is 0 Å². The van der Waals surface area contributed by atoms with E-state index in [1.165, 1.54) is 5.56 Å². The van der Waals surface area contributed by atoms with E-state index in [-0.39, 0.29) is 20.4 Å². The molecule has 0 amide bonds. The molecule has 0 aliphatic heterocycles. The van der Waals surface area contributed by atoms with E-state index in [1.54, 1.807) is 11.8 Å². The molecule has 3 aromatic heterocycles. The van der Waals surface area contributed by atoms with Crippen LogP contribution in [0.1, 0.15) is 29.3 Å². The smallest absolute Gasteiger partial charge is 0.509 e. The Kier molecular flexibility index (Phi) is 8.33. The van der Waals surface area contributed by atoms with Gasteiger partial charge in [-0.25, -0.2) is 9.67 Å². The average molecular weight is 683 g/mol. The molecule has 7 heteroatoms. The number of nitrogens with zero attached hydrogens (tertiary/aromatic N) is 4. The first-order valence-electron chi connectivity index (χ1n) is 14.8. The predicted molar refractivity (Wildman–Crippen MR) is 175 cm³/mol. The van der Waals surface area contributed by atoms with Gasteiger partial charge in [-0.1, -0.05) is 61.8 Å². The molecule has 226 valence electrons. The van der Waals surface area contributed by atoms with Gasteiger partial charge >= 0.3 is 20.4 Å². The number of hydrogen-bond donors (Lipinski definition) is 0. The number of methoxy groups -OCH3 is 1. The van der Waals surface area contributed by atoms with E-state index in [2.05, 4.69) is 90.1 Å². The molecule has 0 aliphatic carbocycles. The van der Waals surface area contributed by atoms with Crippen molar-refractivity contribution >= 4 is 21.8 Å². The van der Waals surface area contributed by atoms with Crippen molar-refractivity contribution < 1.29 is 29.9 Å². The summed E-state index contributed by atoms with van der Waals surface area (Å²) in [7, 11) is 1.68. The van der Waals surface area contributed by atoms with Crippen molar-refractivity contribution in [2.75, 3.05) is 7.11 Å². The van der Waals surface area contributed by atoms with Crippen molar-refractivity contribution in [3.05, 3.63) is 126 Å². The first-order valence-corrected chi connectivity index (χ1v) is 14.8. The van der Waals surface area contributed by atoms with E-state index >= 15 is 0 Å². The van der Waals surface area contributed by atoms with Gasteiger partial charge in [0.2, 0.25) is 5.88 Å². The first kappa shape index (κ1) is 30.3. The van der Waals surface area contributed by atoms with E-state index in [0.717, 1.165) is 67.7 Å². The van der Waals surface area contributed by atoms with Crippen molar-refractivity contribution in [1.29, 1.82) is 0 Å². The summed E-state index contributed by atoms with van der Waals surface area (Å²) in [4.78, 5) is 4.68. The van der Waals surface area contributed by atoms with Crippen LogP contribution in [0, 0.1) is 32.9 Å². The Balaban J connectivity index is 0.00000357. The fraction of sp³-hybridized carbons (Fsp3) is 0.158. The van der Waals surface area contributed by atoms with Crippen molar-refractivity contribution in [2.24, 2.45) is 0 Å². The zero-order valence-corrected chi connectivity index (χ0v) is 27.3.